The van der Waals surface area contributed by atoms with E-state index >= 15 is 0 Å². The van der Waals surface area contributed by atoms with Gasteiger partial charge in [0.15, 0.2) is 0 Å². The lowest BCUT2D eigenvalue weighted by Crippen LogP contribution is -2.05. The number of nitrogens with two attached hydrogens (primary N) is 1. The third kappa shape index (κ3) is 2.67. The van der Waals surface area contributed by atoms with Gasteiger partial charge in [0.25, 0.3) is 20.2 Å². The Morgan fingerprint density at radius 1 is 0.950 bits per heavy atom. The molecule has 0 aliphatic carbocycles. The van der Waals surface area contributed by atoms with Crippen LogP contribution in [0.25, 0.3) is 10.8 Å². The first-order valence-electron chi connectivity index (χ1n) is 5.35. The molecule has 0 aliphatic heterocycles. The van der Waals surface area contributed by atoms with Gasteiger partial charge in [0.05, 0.1) is 4.90 Å². The van der Waals surface area contributed by atoms with Gasteiger partial charge in [-0.1, -0.05) is 12.1 Å². The Morgan fingerprint density at radius 2 is 1.60 bits per heavy atom. The molecule has 0 aromatic heterocycles. The molecule has 0 unspecified atom stereocenters. The highest BCUT2D eigenvalue weighted by Crippen LogP contribution is 2.28. The van der Waals surface area contributed by atoms with Crippen molar-refractivity contribution in [3.8, 4) is 0 Å². The standard InChI is InChI=1S/C11H11NO6S2/c12-6-7-4-8(19(13,14)15)5-10-9(7)2-1-3-11(10)20(16,17)18/h1-5H,6,12H2,(H,13,14,15)(H,16,17,18). The minimum Gasteiger partial charge on any atom is -0.326 e. The maximum absolute atomic E-state index is 11.3. The molecular weight excluding hydrogens is 306 g/mol. The molecule has 0 saturated heterocycles. The van der Waals surface area contributed by atoms with E-state index in [1.807, 2.05) is 0 Å². The van der Waals surface area contributed by atoms with E-state index in [1.54, 1.807) is 6.07 Å². The summed E-state index contributed by atoms with van der Waals surface area (Å²) in [4.78, 5) is -0.934. The molecule has 0 amide bonds. The molecule has 0 heterocycles. The lowest BCUT2D eigenvalue weighted by atomic mass is 10.0. The lowest BCUT2D eigenvalue weighted by molar-refractivity contribution is 0.480. The van der Waals surface area contributed by atoms with Crippen molar-refractivity contribution in [2.24, 2.45) is 5.73 Å². The minimum absolute atomic E-state index is 0.0226. The highest BCUT2D eigenvalue weighted by Gasteiger charge is 2.19. The summed E-state index contributed by atoms with van der Waals surface area (Å²) >= 11 is 0. The predicted octanol–water partition coefficient (Wildman–Crippen LogP) is 0.792. The van der Waals surface area contributed by atoms with Crippen molar-refractivity contribution in [3.05, 3.63) is 35.9 Å². The number of hydrogen-bond donors (Lipinski definition) is 3. The van der Waals surface area contributed by atoms with Crippen molar-refractivity contribution in [2.75, 3.05) is 0 Å². The molecule has 20 heavy (non-hydrogen) atoms. The van der Waals surface area contributed by atoms with Gasteiger partial charge in [0.2, 0.25) is 0 Å². The maximum Gasteiger partial charge on any atom is 0.295 e. The molecule has 7 nitrogen and oxygen atoms in total. The van der Waals surface area contributed by atoms with Crippen LogP contribution in [0.15, 0.2) is 40.1 Å². The number of fused-ring (bicyclic) bond motifs is 1. The third-order valence-corrected chi connectivity index (χ3v) is 4.55. The van der Waals surface area contributed by atoms with Crippen molar-refractivity contribution < 1.29 is 25.9 Å². The molecule has 2 aromatic carbocycles. The highest BCUT2D eigenvalue weighted by molar-refractivity contribution is 7.86. The van der Waals surface area contributed by atoms with Crippen molar-refractivity contribution in [2.45, 2.75) is 16.3 Å². The van der Waals surface area contributed by atoms with Gasteiger partial charge >= 0.3 is 0 Å². The van der Waals surface area contributed by atoms with Gasteiger partial charge in [-0.3, -0.25) is 9.11 Å². The van der Waals surface area contributed by atoms with E-state index in [-0.39, 0.29) is 11.9 Å². The molecule has 0 bridgehead atoms. The zero-order valence-electron chi connectivity index (χ0n) is 10.0. The van der Waals surface area contributed by atoms with Crippen molar-refractivity contribution in [3.63, 3.8) is 0 Å². The smallest absolute Gasteiger partial charge is 0.295 e. The summed E-state index contributed by atoms with van der Waals surface area (Å²) in [5.41, 5.74) is 5.83. The summed E-state index contributed by atoms with van der Waals surface area (Å²) in [5, 5.41) is 0.362. The van der Waals surface area contributed by atoms with Crippen LogP contribution in [-0.2, 0) is 26.8 Å². The zero-order chi connectivity index (χ0) is 15.1. The van der Waals surface area contributed by atoms with Crippen molar-refractivity contribution in [1.29, 1.82) is 0 Å². The van der Waals surface area contributed by atoms with E-state index in [0.29, 0.717) is 10.9 Å². The molecule has 0 spiro atoms. The second kappa shape index (κ2) is 4.79. The molecular formula is C11H11NO6S2. The zero-order valence-corrected chi connectivity index (χ0v) is 11.6. The molecule has 108 valence electrons. The molecule has 2 aromatic rings. The fourth-order valence-electron chi connectivity index (χ4n) is 1.95. The first-order chi connectivity index (χ1) is 9.14. The molecule has 9 heteroatoms. The van der Waals surface area contributed by atoms with Crippen molar-refractivity contribution >= 4 is 31.0 Å². The van der Waals surface area contributed by atoms with Gasteiger partial charge in [-0.2, -0.15) is 16.8 Å². The van der Waals surface area contributed by atoms with E-state index < -0.39 is 30.0 Å². The summed E-state index contributed by atoms with van der Waals surface area (Å²) in [5.74, 6) is 0. The average Bonchev–Trinajstić information content (AvgIpc) is 2.34. The summed E-state index contributed by atoms with van der Waals surface area (Å²) in [7, 11) is -9.06. The predicted molar refractivity (Wildman–Crippen MR) is 71.5 cm³/mol. The molecule has 0 atom stereocenters. The van der Waals surface area contributed by atoms with Crippen LogP contribution in [0.5, 0.6) is 0 Å². The van der Waals surface area contributed by atoms with Gasteiger partial charge in [0.1, 0.15) is 4.90 Å². The second-order valence-corrected chi connectivity index (χ2v) is 6.90. The topological polar surface area (TPSA) is 135 Å². The van der Waals surface area contributed by atoms with Gasteiger partial charge in [-0.15, -0.1) is 0 Å². The van der Waals surface area contributed by atoms with Crippen LogP contribution >= 0.6 is 0 Å². The van der Waals surface area contributed by atoms with Gasteiger partial charge < -0.3 is 5.73 Å². The monoisotopic (exact) mass is 317 g/mol. The number of hydrogen-bond acceptors (Lipinski definition) is 5. The van der Waals surface area contributed by atoms with E-state index in [1.165, 1.54) is 6.07 Å². The maximum atomic E-state index is 11.3. The van der Waals surface area contributed by atoms with Crippen LogP contribution < -0.4 is 5.73 Å². The summed E-state index contributed by atoms with van der Waals surface area (Å²) in [6.07, 6.45) is 0. The first-order valence-corrected chi connectivity index (χ1v) is 8.23. The Hall–Kier alpha value is -1.52. The van der Waals surface area contributed by atoms with Crippen LogP contribution in [0.3, 0.4) is 0 Å². The summed E-state index contributed by atoms with van der Waals surface area (Å²) in [6, 6.07) is 6.21. The second-order valence-electron chi connectivity index (χ2n) is 4.09. The molecule has 2 rings (SSSR count). The van der Waals surface area contributed by atoms with Gasteiger partial charge in [-0.25, -0.2) is 0 Å². The Labute approximate surface area is 115 Å². The Balaban J connectivity index is 3.02. The Morgan fingerprint density at radius 3 is 2.10 bits per heavy atom. The molecule has 4 N–H and O–H groups in total. The highest BCUT2D eigenvalue weighted by atomic mass is 32.2. The van der Waals surface area contributed by atoms with E-state index in [2.05, 4.69) is 0 Å². The minimum atomic E-state index is -4.53. The largest absolute Gasteiger partial charge is 0.326 e. The number of rotatable bonds is 3. The fourth-order valence-corrected chi connectivity index (χ4v) is 3.20. The SMILES string of the molecule is NCc1cc(S(=O)(=O)O)cc2c(S(=O)(=O)O)cccc12. The molecule has 0 aliphatic rings. The van der Waals surface area contributed by atoms with Crippen LogP contribution in [0.2, 0.25) is 0 Å². The van der Waals surface area contributed by atoms with E-state index in [4.69, 9.17) is 10.3 Å². The normalized spacial score (nSPS) is 12.8. The molecule has 0 radical (unpaired) electrons. The van der Waals surface area contributed by atoms with E-state index in [9.17, 15) is 21.4 Å². The van der Waals surface area contributed by atoms with Crippen LogP contribution in [0.4, 0.5) is 0 Å². The van der Waals surface area contributed by atoms with Crippen LogP contribution in [0, 0.1) is 0 Å². The van der Waals surface area contributed by atoms with Crippen LogP contribution in [0.1, 0.15) is 5.56 Å². The Bertz CT molecular complexity index is 887. The quantitative estimate of drug-likeness (QED) is 0.712. The van der Waals surface area contributed by atoms with Gasteiger partial charge in [0, 0.05) is 11.9 Å². The number of benzene rings is 2. The lowest BCUT2D eigenvalue weighted by Gasteiger charge is -2.10. The molecule has 0 saturated carbocycles. The fraction of sp³-hybridized carbons (Fsp3) is 0.0909. The summed E-state index contributed by atoms with van der Waals surface area (Å²) in [6.45, 7) is -0.0607. The Kier molecular flexibility index (Phi) is 3.56. The summed E-state index contributed by atoms with van der Waals surface area (Å²) < 4.78 is 63.3. The molecule has 0 fully saturated rings. The average molecular weight is 317 g/mol. The van der Waals surface area contributed by atoms with Crippen molar-refractivity contribution in [1.82, 2.24) is 0 Å². The van der Waals surface area contributed by atoms with E-state index in [0.717, 1.165) is 18.2 Å². The van der Waals surface area contributed by atoms with Gasteiger partial charge in [-0.05, 0) is 29.1 Å². The van der Waals surface area contributed by atoms with Crippen LogP contribution in [-0.4, -0.2) is 25.9 Å². The third-order valence-electron chi connectivity index (χ3n) is 2.81. The first kappa shape index (κ1) is 14.9.